The summed E-state index contributed by atoms with van der Waals surface area (Å²) in [6.07, 6.45) is 1.83. The molecule has 3 N–H and O–H groups in total. The van der Waals surface area contributed by atoms with Gasteiger partial charge in [0.2, 0.25) is 0 Å². The first-order chi connectivity index (χ1) is 9.78. The third-order valence-electron chi connectivity index (χ3n) is 2.92. The number of rotatable bonds is 4. The van der Waals surface area contributed by atoms with Gasteiger partial charge in [0.05, 0.1) is 19.0 Å². The summed E-state index contributed by atoms with van der Waals surface area (Å²) in [7, 11) is 1.64. The summed E-state index contributed by atoms with van der Waals surface area (Å²) < 4.78 is 6.90. The molecular formula is C14H15N5O. The molecule has 0 unspecified atom stereocenters. The summed E-state index contributed by atoms with van der Waals surface area (Å²) in [5, 5.41) is 7.67. The van der Waals surface area contributed by atoms with Crippen LogP contribution in [-0.4, -0.2) is 21.7 Å². The number of hydrogen-bond acceptors (Lipinski definition) is 5. The second-order valence-electron chi connectivity index (χ2n) is 4.31. The summed E-state index contributed by atoms with van der Waals surface area (Å²) in [5.41, 5.74) is 8.08. The van der Waals surface area contributed by atoms with Crippen LogP contribution in [0.5, 0.6) is 5.75 Å². The van der Waals surface area contributed by atoms with Crippen molar-refractivity contribution in [1.29, 1.82) is 0 Å². The Morgan fingerprint density at radius 1 is 1.30 bits per heavy atom. The van der Waals surface area contributed by atoms with Crippen molar-refractivity contribution >= 4 is 17.2 Å². The molecule has 0 saturated carbocycles. The maximum Gasteiger partial charge on any atom is 0.153 e. The van der Waals surface area contributed by atoms with E-state index in [1.54, 1.807) is 11.6 Å². The van der Waals surface area contributed by atoms with Gasteiger partial charge >= 0.3 is 0 Å². The number of nitrogens with one attached hydrogen (secondary N) is 1. The van der Waals surface area contributed by atoms with Gasteiger partial charge in [0.15, 0.2) is 11.5 Å². The van der Waals surface area contributed by atoms with Crippen molar-refractivity contribution in [1.82, 2.24) is 14.6 Å². The first-order valence-electron chi connectivity index (χ1n) is 6.25. The Kier molecular flexibility index (Phi) is 3.22. The number of benzene rings is 1. The molecule has 0 amide bonds. The zero-order chi connectivity index (χ0) is 13.9. The minimum atomic E-state index is 0.405. The monoisotopic (exact) mass is 269 g/mol. The molecule has 0 bridgehead atoms. The van der Waals surface area contributed by atoms with Crippen molar-refractivity contribution in [3.8, 4) is 5.75 Å². The van der Waals surface area contributed by atoms with Gasteiger partial charge in [0.25, 0.3) is 0 Å². The predicted molar refractivity (Wildman–Crippen MR) is 77.2 cm³/mol. The molecule has 0 radical (unpaired) electrons. The fourth-order valence-corrected chi connectivity index (χ4v) is 1.94. The van der Waals surface area contributed by atoms with Crippen molar-refractivity contribution in [3.05, 3.63) is 48.3 Å². The van der Waals surface area contributed by atoms with Crippen molar-refractivity contribution in [2.24, 2.45) is 5.73 Å². The lowest BCUT2D eigenvalue weighted by atomic mass is 10.3. The maximum absolute atomic E-state index is 5.57. The molecule has 2 heterocycles. The highest BCUT2D eigenvalue weighted by Crippen LogP contribution is 2.20. The number of nitrogens with zero attached hydrogens (tertiary/aromatic N) is 3. The lowest BCUT2D eigenvalue weighted by Crippen LogP contribution is -1.98. The zero-order valence-electron chi connectivity index (χ0n) is 11.1. The summed E-state index contributed by atoms with van der Waals surface area (Å²) in [4.78, 5) is 4.33. The number of fused-ring (bicyclic) bond motifs is 1. The Labute approximate surface area is 116 Å². The average Bonchev–Trinajstić information content (AvgIpc) is 2.90. The third kappa shape index (κ3) is 2.41. The van der Waals surface area contributed by atoms with Gasteiger partial charge in [-0.3, -0.25) is 0 Å². The minimum absolute atomic E-state index is 0.405. The molecule has 0 fully saturated rings. The standard InChI is InChI=1S/C14H15N5O/c1-20-12-4-2-3-10(7-12)16-13-5-6-14-17-11(8-15)9-19(14)18-13/h2-7,9H,8,15H2,1H3,(H,16,18). The van der Waals surface area contributed by atoms with E-state index in [1.165, 1.54) is 0 Å². The predicted octanol–water partition coefficient (Wildman–Crippen LogP) is 1.94. The van der Waals surface area contributed by atoms with Gasteiger partial charge in [0, 0.05) is 18.3 Å². The van der Waals surface area contributed by atoms with Crippen molar-refractivity contribution in [3.63, 3.8) is 0 Å². The van der Waals surface area contributed by atoms with Crippen LogP contribution in [0.15, 0.2) is 42.6 Å². The van der Waals surface area contributed by atoms with Gasteiger partial charge in [-0.2, -0.15) is 0 Å². The van der Waals surface area contributed by atoms with E-state index in [0.29, 0.717) is 6.54 Å². The summed E-state index contributed by atoms with van der Waals surface area (Å²) in [6, 6.07) is 11.4. The lowest BCUT2D eigenvalue weighted by molar-refractivity contribution is 0.415. The first kappa shape index (κ1) is 12.4. The van der Waals surface area contributed by atoms with Crippen LogP contribution in [0.2, 0.25) is 0 Å². The van der Waals surface area contributed by atoms with Crippen molar-refractivity contribution in [2.45, 2.75) is 6.54 Å². The molecular weight excluding hydrogens is 254 g/mol. The second kappa shape index (κ2) is 5.18. The molecule has 1 aromatic carbocycles. The van der Waals surface area contributed by atoms with Crippen molar-refractivity contribution in [2.75, 3.05) is 12.4 Å². The largest absolute Gasteiger partial charge is 0.497 e. The minimum Gasteiger partial charge on any atom is -0.497 e. The number of imidazole rings is 1. The van der Waals surface area contributed by atoms with Gasteiger partial charge < -0.3 is 15.8 Å². The molecule has 0 aliphatic rings. The van der Waals surface area contributed by atoms with Crippen LogP contribution in [0.25, 0.3) is 5.65 Å². The molecule has 0 aliphatic heterocycles. The molecule has 0 saturated heterocycles. The maximum atomic E-state index is 5.57. The van der Waals surface area contributed by atoms with Gasteiger partial charge in [-0.05, 0) is 24.3 Å². The average molecular weight is 269 g/mol. The Bertz CT molecular complexity index is 737. The lowest BCUT2D eigenvalue weighted by Gasteiger charge is -2.07. The van der Waals surface area contributed by atoms with Gasteiger partial charge in [-0.15, -0.1) is 5.10 Å². The Hall–Kier alpha value is -2.60. The smallest absolute Gasteiger partial charge is 0.153 e. The molecule has 0 atom stereocenters. The first-order valence-corrected chi connectivity index (χ1v) is 6.25. The molecule has 6 heteroatoms. The highest BCUT2D eigenvalue weighted by atomic mass is 16.5. The highest BCUT2D eigenvalue weighted by Gasteiger charge is 2.03. The van der Waals surface area contributed by atoms with E-state index in [9.17, 15) is 0 Å². The normalized spacial score (nSPS) is 10.7. The summed E-state index contributed by atoms with van der Waals surface area (Å²) in [6.45, 7) is 0.405. The van der Waals surface area contributed by atoms with E-state index >= 15 is 0 Å². The summed E-state index contributed by atoms with van der Waals surface area (Å²) >= 11 is 0. The van der Waals surface area contributed by atoms with Crippen LogP contribution in [0.3, 0.4) is 0 Å². The number of hydrogen-bond donors (Lipinski definition) is 2. The van der Waals surface area contributed by atoms with Crippen LogP contribution < -0.4 is 15.8 Å². The van der Waals surface area contributed by atoms with Crippen LogP contribution in [0, 0.1) is 0 Å². The number of methoxy groups -OCH3 is 1. The van der Waals surface area contributed by atoms with Crippen LogP contribution in [0.4, 0.5) is 11.5 Å². The number of nitrogens with two attached hydrogens (primary N) is 1. The second-order valence-corrected chi connectivity index (χ2v) is 4.31. The van der Waals surface area contributed by atoms with Gasteiger partial charge in [-0.1, -0.05) is 6.07 Å². The molecule has 2 aromatic heterocycles. The van der Waals surface area contributed by atoms with Gasteiger partial charge in [-0.25, -0.2) is 9.50 Å². The van der Waals surface area contributed by atoms with Crippen LogP contribution in [-0.2, 0) is 6.54 Å². The van der Waals surface area contributed by atoms with E-state index in [-0.39, 0.29) is 0 Å². The molecule has 3 rings (SSSR count). The summed E-state index contributed by atoms with van der Waals surface area (Å²) in [5.74, 6) is 1.52. The van der Waals surface area contributed by atoms with Crippen LogP contribution in [0.1, 0.15) is 5.69 Å². The Balaban J connectivity index is 1.89. The van der Waals surface area contributed by atoms with Gasteiger partial charge in [0.1, 0.15) is 5.75 Å². The number of aromatic nitrogens is 3. The SMILES string of the molecule is COc1cccc(Nc2ccc3nc(CN)cn3n2)c1. The molecule has 6 nitrogen and oxygen atoms in total. The molecule has 3 aromatic rings. The van der Waals surface area contributed by atoms with E-state index < -0.39 is 0 Å². The van der Waals surface area contributed by atoms with Crippen LogP contribution >= 0.6 is 0 Å². The Morgan fingerprint density at radius 3 is 3.00 bits per heavy atom. The zero-order valence-corrected chi connectivity index (χ0v) is 11.1. The third-order valence-corrected chi connectivity index (χ3v) is 2.92. The van der Waals surface area contributed by atoms with E-state index in [2.05, 4.69) is 15.4 Å². The van der Waals surface area contributed by atoms with E-state index in [0.717, 1.165) is 28.6 Å². The quantitative estimate of drug-likeness (QED) is 0.757. The highest BCUT2D eigenvalue weighted by molar-refractivity contribution is 5.59. The molecule has 0 aliphatic carbocycles. The topological polar surface area (TPSA) is 77.5 Å². The van der Waals surface area contributed by atoms with E-state index in [4.69, 9.17) is 10.5 Å². The van der Waals surface area contributed by atoms with E-state index in [1.807, 2.05) is 42.6 Å². The molecule has 102 valence electrons. The number of anilines is 2. The Morgan fingerprint density at radius 2 is 2.20 bits per heavy atom. The van der Waals surface area contributed by atoms with Crippen molar-refractivity contribution < 1.29 is 4.74 Å². The fourth-order valence-electron chi connectivity index (χ4n) is 1.94. The fraction of sp³-hybridized carbons (Fsp3) is 0.143. The number of ether oxygens (including phenoxy) is 1. The molecule has 20 heavy (non-hydrogen) atoms. The molecule has 0 spiro atoms.